The van der Waals surface area contributed by atoms with Crippen LogP contribution in [0.1, 0.15) is 34.6 Å². The van der Waals surface area contributed by atoms with Gasteiger partial charge in [0.05, 0.1) is 5.56 Å². The van der Waals surface area contributed by atoms with E-state index in [-0.39, 0.29) is 30.2 Å². The van der Waals surface area contributed by atoms with Crippen LogP contribution in [0.3, 0.4) is 0 Å². The first-order chi connectivity index (χ1) is 12.3. The molecule has 27 heavy (non-hydrogen) atoms. The Balaban J connectivity index is 0.00000210. The van der Waals surface area contributed by atoms with Crippen molar-refractivity contribution in [3.05, 3.63) is 70.5 Å². The molecule has 0 N–H and O–H groups in total. The summed E-state index contributed by atoms with van der Waals surface area (Å²) in [5.74, 6) is 0.422. The molecule has 1 aliphatic carbocycles. The van der Waals surface area contributed by atoms with Gasteiger partial charge in [0.2, 0.25) is 0 Å². The molecule has 1 fully saturated rings. The van der Waals surface area contributed by atoms with Gasteiger partial charge in [0, 0.05) is 18.5 Å². The van der Waals surface area contributed by atoms with E-state index in [0.29, 0.717) is 12.3 Å². The molecule has 0 radical (unpaired) electrons. The minimum atomic E-state index is -4.29. The molecule has 1 saturated heterocycles. The van der Waals surface area contributed by atoms with Crippen LogP contribution in [0.5, 0.6) is 0 Å². The van der Waals surface area contributed by atoms with Crippen molar-refractivity contribution in [3.63, 3.8) is 0 Å². The van der Waals surface area contributed by atoms with E-state index in [0.717, 1.165) is 36.1 Å². The Morgan fingerprint density at radius 3 is 2.59 bits per heavy atom. The third-order valence-electron chi connectivity index (χ3n) is 6.01. The van der Waals surface area contributed by atoms with E-state index in [2.05, 4.69) is 11.9 Å². The molecule has 4 rings (SSSR count). The van der Waals surface area contributed by atoms with Crippen molar-refractivity contribution in [3.8, 4) is 0 Å². The van der Waals surface area contributed by atoms with Gasteiger partial charge in [0.15, 0.2) is 0 Å². The minimum Gasteiger partial charge on any atom is -0.302 e. The zero-order valence-corrected chi connectivity index (χ0v) is 15.8. The Kier molecular flexibility index (Phi) is 5.55. The zero-order valence-electron chi connectivity index (χ0n) is 15.0. The summed E-state index contributed by atoms with van der Waals surface area (Å²) >= 11 is 0. The second-order valence-electron chi connectivity index (χ2n) is 7.56. The smallest absolute Gasteiger partial charge is 0.302 e. The number of benzene rings is 2. The summed E-state index contributed by atoms with van der Waals surface area (Å²) in [7, 11) is 2.06. The molecule has 0 aromatic heterocycles. The number of aryl methyl sites for hydroxylation is 1. The fourth-order valence-electron chi connectivity index (χ4n) is 4.79. The lowest BCUT2D eigenvalue weighted by atomic mass is 9.73. The first-order valence-electron chi connectivity index (χ1n) is 8.97. The van der Waals surface area contributed by atoms with E-state index in [9.17, 15) is 17.6 Å². The lowest BCUT2D eigenvalue weighted by Crippen LogP contribution is -2.32. The molecule has 0 bridgehead atoms. The van der Waals surface area contributed by atoms with Gasteiger partial charge in [-0.2, -0.15) is 13.2 Å². The van der Waals surface area contributed by atoms with Crippen molar-refractivity contribution in [2.24, 2.45) is 5.92 Å². The molecule has 0 spiro atoms. The molecule has 2 aliphatic rings. The fraction of sp³-hybridized carbons (Fsp3) is 0.429. The molecule has 2 aromatic carbocycles. The van der Waals surface area contributed by atoms with E-state index in [1.807, 2.05) is 6.07 Å². The summed E-state index contributed by atoms with van der Waals surface area (Å²) in [6.07, 6.45) is -1.97. The highest BCUT2D eigenvalue weighted by Crippen LogP contribution is 2.46. The van der Waals surface area contributed by atoms with Gasteiger partial charge >= 0.3 is 6.18 Å². The monoisotopic (exact) mass is 399 g/mol. The van der Waals surface area contributed by atoms with Gasteiger partial charge in [-0.1, -0.05) is 18.2 Å². The van der Waals surface area contributed by atoms with E-state index in [1.165, 1.54) is 18.2 Å². The highest BCUT2D eigenvalue weighted by atomic mass is 35.5. The Morgan fingerprint density at radius 2 is 1.89 bits per heavy atom. The van der Waals surface area contributed by atoms with Crippen LogP contribution in [-0.4, -0.2) is 24.5 Å². The number of halogens is 5. The maximum absolute atomic E-state index is 13.5. The molecule has 3 atom stereocenters. The Bertz CT molecular complexity index is 820. The third-order valence-corrected chi connectivity index (χ3v) is 6.01. The molecule has 3 unspecified atom stereocenters. The number of likely N-dealkylation sites (tertiary alicyclic amines) is 1. The first-order valence-corrected chi connectivity index (χ1v) is 8.97. The van der Waals surface area contributed by atoms with E-state index in [1.54, 1.807) is 18.2 Å². The Labute approximate surface area is 162 Å². The molecule has 0 amide bonds. The lowest BCUT2D eigenvalue weighted by Gasteiger charge is -2.32. The number of fused-ring (bicyclic) bond motifs is 3. The molecule has 6 heteroatoms. The second kappa shape index (κ2) is 7.44. The van der Waals surface area contributed by atoms with Gasteiger partial charge in [-0.15, -0.1) is 12.4 Å². The van der Waals surface area contributed by atoms with Crippen LogP contribution in [0.2, 0.25) is 0 Å². The average Bonchev–Trinajstić information content (AvgIpc) is 2.90. The van der Waals surface area contributed by atoms with Crippen molar-refractivity contribution in [1.82, 2.24) is 4.90 Å². The van der Waals surface area contributed by atoms with Crippen molar-refractivity contribution in [1.29, 1.82) is 0 Å². The predicted octanol–water partition coefficient (Wildman–Crippen LogP) is 5.47. The molecular formula is C21H22ClF4N. The summed E-state index contributed by atoms with van der Waals surface area (Å²) in [5, 5.41) is 0. The van der Waals surface area contributed by atoms with E-state index >= 15 is 0 Å². The highest BCUT2D eigenvalue weighted by molar-refractivity contribution is 5.85. The van der Waals surface area contributed by atoms with Crippen LogP contribution in [0.4, 0.5) is 17.6 Å². The van der Waals surface area contributed by atoms with Crippen LogP contribution in [0, 0.1) is 11.7 Å². The average molecular weight is 400 g/mol. The summed E-state index contributed by atoms with van der Waals surface area (Å²) < 4.78 is 52.5. The van der Waals surface area contributed by atoms with Crippen molar-refractivity contribution < 1.29 is 17.6 Å². The summed E-state index contributed by atoms with van der Waals surface area (Å²) in [6.45, 7) is 0.836. The number of likely N-dealkylation sites (N-methyl/N-ethyl adjacent to an activating group) is 1. The summed E-state index contributed by atoms with van der Waals surface area (Å²) in [4.78, 5) is 2.28. The molecular weight excluding hydrogens is 378 g/mol. The number of rotatable bonds is 2. The quantitative estimate of drug-likeness (QED) is 0.605. The normalized spacial score (nSPS) is 24.9. The van der Waals surface area contributed by atoms with Gasteiger partial charge < -0.3 is 4.90 Å². The molecule has 1 aliphatic heterocycles. The molecule has 1 nitrogen and oxygen atoms in total. The standard InChI is InChI=1S/C21H21F4N.ClH/c1-26-12-19-17-8-6-15(21(23,24)25)11-14(17)5-7-18(19)20(26)10-13-3-2-4-16(22)9-13;/h2-4,6,8-9,11,18-20H,5,7,10,12H2,1H3;1H. The largest absolute Gasteiger partial charge is 0.416 e. The molecule has 2 aromatic rings. The number of hydrogen-bond acceptors (Lipinski definition) is 1. The van der Waals surface area contributed by atoms with E-state index < -0.39 is 11.7 Å². The maximum Gasteiger partial charge on any atom is 0.416 e. The SMILES string of the molecule is CN1CC2c3ccc(C(F)(F)F)cc3CCC2C1Cc1cccc(F)c1.Cl. The zero-order chi connectivity index (χ0) is 18.5. The van der Waals surface area contributed by atoms with Crippen LogP contribution in [-0.2, 0) is 19.0 Å². The Morgan fingerprint density at radius 1 is 1.11 bits per heavy atom. The van der Waals surface area contributed by atoms with Crippen molar-refractivity contribution >= 4 is 12.4 Å². The van der Waals surface area contributed by atoms with E-state index in [4.69, 9.17) is 0 Å². The minimum absolute atomic E-state index is 0. The summed E-state index contributed by atoms with van der Waals surface area (Å²) in [5.41, 5.74) is 2.31. The number of hydrogen-bond donors (Lipinski definition) is 0. The molecule has 146 valence electrons. The van der Waals surface area contributed by atoms with Crippen LogP contribution >= 0.6 is 12.4 Å². The first kappa shape index (κ1) is 20.2. The van der Waals surface area contributed by atoms with Gasteiger partial charge in [-0.25, -0.2) is 4.39 Å². The van der Waals surface area contributed by atoms with Crippen molar-refractivity contribution in [2.45, 2.75) is 37.4 Å². The van der Waals surface area contributed by atoms with Crippen LogP contribution in [0.25, 0.3) is 0 Å². The fourth-order valence-corrected chi connectivity index (χ4v) is 4.79. The highest BCUT2D eigenvalue weighted by Gasteiger charge is 2.43. The second-order valence-corrected chi connectivity index (χ2v) is 7.56. The van der Waals surface area contributed by atoms with Crippen molar-refractivity contribution in [2.75, 3.05) is 13.6 Å². The van der Waals surface area contributed by atoms with Gasteiger partial charge in [0.25, 0.3) is 0 Å². The van der Waals surface area contributed by atoms with Gasteiger partial charge in [-0.05, 0) is 73.2 Å². The molecule has 1 heterocycles. The van der Waals surface area contributed by atoms with Gasteiger partial charge in [-0.3, -0.25) is 0 Å². The number of nitrogens with zero attached hydrogens (tertiary/aromatic N) is 1. The van der Waals surface area contributed by atoms with Gasteiger partial charge in [0.1, 0.15) is 5.82 Å². The maximum atomic E-state index is 13.5. The van der Waals surface area contributed by atoms with Crippen LogP contribution < -0.4 is 0 Å². The topological polar surface area (TPSA) is 3.24 Å². The summed E-state index contributed by atoms with van der Waals surface area (Å²) in [6, 6.07) is 11.2. The predicted molar refractivity (Wildman–Crippen MR) is 99.8 cm³/mol. The van der Waals surface area contributed by atoms with Crippen LogP contribution in [0.15, 0.2) is 42.5 Å². The third kappa shape index (κ3) is 3.85. The lowest BCUT2D eigenvalue weighted by molar-refractivity contribution is -0.137. The Hall–Kier alpha value is -1.59. The number of alkyl halides is 3. The molecule has 0 saturated carbocycles.